The van der Waals surface area contributed by atoms with E-state index in [0.717, 1.165) is 5.69 Å². The van der Waals surface area contributed by atoms with E-state index in [9.17, 15) is 4.79 Å². The molecular formula is C13H14Cl2N4O. The van der Waals surface area contributed by atoms with Crippen LogP contribution in [0.5, 0.6) is 0 Å². The van der Waals surface area contributed by atoms with E-state index in [1.807, 2.05) is 19.2 Å². The van der Waals surface area contributed by atoms with Crippen molar-refractivity contribution in [2.24, 2.45) is 0 Å². The van der Waals surface area contributed by atoms with E-state index in [-0.39, 0.29) is 12.3 Å². The highest BCUT2D eigenvalue weighted by Crippen LogP contribution is 2.32. The van der Waals surface area contributed by atoms with E-state index in [4.69, 9.17) is 28.9 Å². The molecule has 3 N–H and O–H groups in total. The number of nitrogens with zero attached hydrogens (tertiary/aromatic N) is 2. The van der Waals surface area contributed by atoms with E-state index in [1.54, 1.807) is 10.7 Å². The highest BCUT2D eigenvalue weighted by atomic mass is 35.5. The molecule has 2 aromatic rings. The summed E-state index contributed by atoms with van der Waals surface area (Å²) < 4.78 is 1.71. The minimum atomic E-state index is -0.186. The molecule has 20 heavy (non-hydrogen) atoms. The molecule has 0 unspecified atom stereocenters. The molecule has 1 aromatic heterocycles. The van der Waals surface area contributed by atoms with Gasteiger partial charge in [0.15, 0.2) is 0 Å². The molecule has 0 atom stereocenters. The van der Waals surface area contributed by atoms with Crippen LogP contribution in [0.2, 0.25) is 10.0 Å². The van der Waals surface area contributed by atoms with E-state index < -0.39 is 0 Å². The topological polar surface area (TPSA) is 72.9 Å². The predicted octanol–water partition coefficient (Wildman–Crippen LogP) is 3.11. The first-order valence-corrected chi connectivity index (χ1v) is 6.75. The third-order valence-electron chi connectivity index (χ3n) is 2.69. The first-order chi connectivity index (χ1) is 9.45. The third kappa shape index (κ3) is 3.65. The number of aromatic nitrogens is 2. The van der Waals surface area contributed by atoms with Crippen LogP contribution in [0.4, 0.5) is 11.4 Å². The molecule has 5 nitrogen and oxygen atoms in total. The smallest absolute Gasteiger partial charge is 0.226 e. The lowest BCUT2D eigenvalue weighted by molar-refractivity contribution is -0.116. The molecule has 1 heterocycles. The van der Waals surface area contributed by atoms with Gasteiger partial charge < -0.3 is 11.1 Å². The number of aryl methyl sites for hydroxylation is 2. The Kier molecular flexibility index (Phi) is 4.52. The van der Waals surface area contributed by atoms with Crippen molar-refractivity contribution in [1.29, 1.82) is 0 Å². The SMILES string of the molecule is Cc1ccn(CCC(=O)Nc2c(N)cc(Cl)cc2Cl)n1. The molecule has 0 aliphatic heterocycles. The number of nitrogens with two attached hydrogens (primary N) is 1. The number of nitrogens with one attached hydrogen (secondary N) is 1. The predicted molar refractivity (Wildman–Crippen MR) is 81.1 cm³/mol. The second-order valence-electron chi connectivity index (χ2n) is 4.37. The number of carbonyl (C=O) groups is 1. The Bertz CT molecular complexity index is 616. The van der Waals surface area contributed by atoms with Crippen LogP contribution < -0.4 is 11.1 Å². The minimum absolute atomic E-state index is 0.186. The van der Waals surface area contributed by atoms with Crippen molar-refractivity contribution in [2.45, 2.75) is 19.9 Å². The van der Waals surface area contributed by atoms with Crippen LogP contribution in [0.1, 0.15) is 12.1 Å². The Morgan fingerprint density at radius 3 is 2.80 bits per heavy atom. The molecule has 0 aliphatic carbocycles. The van der Waals surface area contributed by atoms with E-state index in [1.165, 1.54) is 6.07 Å². The van der Waals surface area contributed by atoms with Crippen LogP contribution in [0.15, 0.2) is 24.4 Å². The fourth-order valence-corrected chi connectivity index (χ4v) is 2.29. The molecule has 2 rings (SSSR count). The molecule has 0 saturated carbocycles. The van der Waals surface area contributed by atoms with Gasteiger partial charge in [-0.25, -0.2) is 0 Å². The zero-order valence-corrected chi connectivity index (χ0v) is 12.4. The molecule has 0 aliphatic rings. The first-order valence-electron chi connectivity index (χ1n) is 6.00. The van der Waals surface area contributed by atoms with E-state index >= 15 is 0 Å². The molecule has 0 fully saturated rings. The number of anilines is 2. The quantitative estimate of drug-likeness (QED) is 0.852. The molecule has 7 heteroatoms. The Morgan fingerprint density at radius 1 is 1.45 bits per heavy atom. The van der Waals surface area contributed by atoms with Gasteiger partial charge in [0.1, 0.15) is 0 Å². The maximum atomic E-state index is 11.9. The number of halogens is 2. The summed E-state index contributed by atoms with van der Waals surface area (Å²) in [6, 6.07) is 4.96. The second kappa shape index (κ2) is 6.15. The molecule has 0 saturated heterocycles. The number of hydrogen-bond acceptors (Lipinski definition) is 3. The van der Waals surface area contributed by atoms with E-state index in [0.29, 0.717) is 28.0 Å². The van der Waals surface area contributed by atoms with Gasteiger partial charge in [-0.1, -0.05) is 23.2 Å². The number of nitrogen functional groups attached to an aromatic ring is 1. The summed E-state index contributed by atoms with van der Waals surface area (Å²) in [5, 5.41) is 7.64. The molecule has 1 amide bonds. The van der Waals surface area contributed by atoms with Crippen molar-refractivity contribution in [2.75, 3.05) is 11.1 Å². The average molecular weight is 313 g/mol. The summed E-state index contributed by atoms with van der Waals surface area (Å²) in [7, 11) is 0. The largest absolute Gasteiger partial charge is 0.397 e. The van der Waals surface area contributed by atoms with Crippen molar-refractivity contribution in [3.63, 3.8) is 0 Å². The van der Waals surface area contributed by atoms with E-state index in [2.05, 4.69) is 10.4 Å². The number of carbonyl (C=O) groups excluding carboxylic acids is 1. The highest BCUT2D eigenvalue weighted by molar-refractivity contribution is 6.37. The lowest BCUT2D eigenvalue weighted by Gasteiger charge is -2.10. The number of rotatable bonds is 4. The first kappa shape index (κ1) is 14.7. The zero-order valence-electron chi connectivity index (χ0n) is 10.9. The van der Waals surface area contributed by atoms with Gasteiger partial charge in [-0.3, -0.25) is 9.48 Å². The van der Waals surface area contributed by atoms with Gasteiger partial charge in [-0.2, -0.15) is 5.10 Å². The summed E-state index contributed by atoms with van der Waals surface area (Å²) in [5.74, 6) is -0.186. The molecule has 0 bridgehead atoms. The standard InChI is InChI=1S/C13H14Cl2N4O/c1-8-2-4-19(18-8)5-3-12(20)17-13-10(15)6-9(14)7-11(13)16/h2,4,6-7H,3,5,16H2,1H3,(H,17,20). The van der Waals surface area contributed by atoms with Gasteiger partial charge in [-0.15, -0.1) is 0 Å². The monoisotopic (exact) mass is 312 g/mol. The summed E-state index contributed by atoms with van der Waals surface area (Å²) in [6.45, 7) is 2.38. The Labute approximate surface area is 126 Å². The van der Waals surface area contributed by atoms with Crippen LogP contribution in [0.25, 0.3) is 0 Å². The zero-order chi connectivity index (χ0) is 14.7. The summed E-state index contributed by atoms with van der Waals surface area (Å²) in [5.41, 5.74) is 7.42. The Balaban J connectivity index is 1.98. The summed E-state index contributed by atoms with van der Waals surface area (Å²) in [6.07, 6.45) is 2.10. The van der Waals surface area contributed by atoms with Crippen molar-refractivity contribution in [3.05, 3.63) is 40.1 Å². The van der Waals surface area contributed by atoms with Gasteiger partial charge in [0.2, 0.25) is 5.91 Å². The molecule has 1 aromatic carbocycles. The fraction of sp³-hybridized carbons (Fsp3) is 0.231. The molecule has 0 radical (unpaired) electrons. The summed E-state index contributed by atoms with van der Waals surface area (Å²) >= 11 is 11.8. The third-order valence-corrected chi connectivity index (χ3v) is 3.21. The van der Waals surface area contributed by atoms with Gasteiger partial charge in [0.05, 0.1) is 22.1 Å². The second-order valence-corrected chi connectivity index (χ2v) is 5.21. The van der Waals surface area contributed by atoms with Crippen LogP contribution in [0, 0.1) is 6.92 Å². The van der Waals surface area contributed by atoms with Crippen LogP contribution in [0.3, 0.4) is 0 Å². The fourth-order valence-electron chi connectivity index (χ4n) is 1.73. The normalized spacial score (nSPS) is 10.6. The number of benzene rings is 1. The Morgan fingerprint density at radius 2 is 2.20 bits per heavy atom. The van der Waals surface area contributed by atoms with Crippen molar-refractivity contribution >= 4 is 40.5 Å². The van der Waals surface area contributed by atoms with Crippen molar-refractivity contribution < 1.29 is 4.79 Å². The van der Waals surface area contributed by atoms with Gasteiger partial charge >= 0.3 is 0 Å². The maximum absolute atomic E-state index is 11.9. The van der Waals surface area contributed by atoms with Crippen LogP contribution in [-0.2, 0) is 11.3 Å². The molecule has 0 spiro atoms. The molecule has 106 valence electrons. The van der Waals surface area contributed by atoms with Crippen molar-refractivity contribution in [1.82, 2.24) is 9.78 Å². The van der Waals surface area contributed by atoms with Crippen LogP contribution >= 0.6 is 23.2 Å². The highest BCUT2D eigenvalue weighted by Gasteiger charge is 2.10. The minimum Gasteiger partial charge on any atom is -0.397 e. The number of amides is 1. The maximum Gasteiger partial charge on any atom is 0.226 e. The van der Waals surface area contributed by atoms with Crippen molar-refractivity contribution in [3.8, 4) is 0 Å². The van der Waals surface area contributed by atoms with Crippen LogP contribution in [-0.4, -0.2) is 15.7 Å². The summed E-state index contributed by atoms with van der Waals surface area (Å²) in [4.78, 5) is 11.9. The van der Waals surface area contributed by atoms with Gasteiger partial charge in [-0.05, 0) is 25.1 Å². The number of hydrogen-bond donors (Lipinski definition) is 2. The molecular weight excluding hydrogens is 299 g/mol. The van der Waals surface area contributed by atoms with Gasteiger partial charge in [0.25, 0.3) is 0 Å². The lowest BCUT2D eigenvalue weighted by Crippen LogP contribution is -2.16. The van der Waals surface area contributed by atoms with Gasteiger partial charge in [0, 0.05) is 24.2 Å². The average Bonchev–Trinajstić information content (AvgIpc) is 2.77. The Hall–Kier alpha value is -1.72. The lowest BCUT2D eigenvalue weighted by atomic mass is 10.2.